The van der Waals surface area contributed by atoms with Gasteiger partial charge in [0.2, 0.25) is 5.91 Å². The zero-order valence-corrected chi connectivity index (χ0v) is 21.8. The molecule has 6 nitrogen and oxygen atoms in total. The number of hydrogen-bond donors (Lipinski definition) is 2. The topological polar surface area (TPSA) is 78.5 Å². The summed E-state index contributed by atoms with van der Waals surface area (Å²) in [5, 5.41) is 6.37. The van der Waals surface area contributed by atoms with Gasteiger partial charge in [-0.1, -0.05) is 63.9 Å². The summed E-state index contributed by atoms with van der Waals surface area (Å²) in [6, 6.07) is 16.9. The Kier molecular flexibility index (Phi) is 8.12. The highest BCUT2D eigenvalue weighted by molar-refractivity contribution is 5.95. The van der Waals surface area contributed by atoms with E-state index in [0.29, 0.717) is 24.2 Å². The largest absolute Gasteiger partial charge is 0.351 e. The van der Waals surface area contributed by atoms with Crippen LogP contribution >= 0.6 is 0 Å². The zero-order chi connectivity index (χ0) is 25.7. The van der Waals surface area contributed by atoms with Crippen molar-refractivity contribution in [2.75, 3.05) is 13.1 Å². The van der Waals surface area contributed by atoms with Crippen molar-refractivity contribution in [3.8, 4) is 0 Å². The van der Waals surface area contributed by atoms with E-state index < -0.39 is 0 Å². The third kappa shape index (κ3) is 6.34. The van der Waals surface area contributed by atoms with Crippen LogP contribution in [0.25, 0.3) is 0 Å². The first-order valence-electron chi connectivity index (χ1n) is 13.3. The Morgan fingerprint density at radius 2 is 1.42 bits per heavy atom. The second-order valence-electron chi connectivity index (χ2n) is 11.3. The molecule has 3 atom stereocenters. The summed E-state index contributed by atoms with van der Waals surface area (Å²) in [5.41, 5.74) is 2.52. The van der Waals surface area contributed by atoms with E-state index in [1.807, 2.05) is 47.4 Å². The number of carbonyl (C=O) groups excluding carboxylic acids is 3. The van der Waals surface area contributed by atoms with Crippen LogP contribution < -0.4 is 10.6 Å². The van der Waals surface area contributed by atoms with Crippen LogP contribution in [0, 0.1) is 5.92 Å². The lowest BCUT2D eigenvalue weighted by molar-refractivity contribution is -0.127. The predicted octanol–water partition coefficient (Wildman–Crippen LogP) is 4.69. The molecule has 4 rings (SSSR count). The minimum Gasteiger partial charge on any atom is -0.351 e. The second-order valence-corrected chi connectivity index (χ2v) is 11.3. The number of nitrogens with zero attached hydrogens (tertiary/aromatic N) is 1. The minimum absolute atomic E-state index is 0.0126. The molecule has 2 aromatic carbocycles. The number of carbonyl (C=O) groups is 3. The van der Waals surface area contributed by atoms with Crippen molar-refractivity contribution in [3.63, 3.8) is 0 Å². The molecular weight excluding hydrogens is 450 g/mol. The molecule has 2 aliphatic rings. The van der Waals surface area contributed by atoms with Gasteiger partial charge in [-0.3, -0.25) is 14.4 Å². The second kappa shape index (κ2) is 11.3. The van der Waals surface area contributed by atoms with Crippen LogP contribution in [0.1, 0.15) is 85.6 Å². The van der Waals surface area contributed by atoms with Gasteiger partial charge in [-0.25, -0.2) is 0 Å². The maximum atomic E-state index is 13.3. The Labute approximate surface area is 214 Å². The number of likely N-dealkylation sites (tertiary alicyclic amines) is 1. The van der Waals surface area contributed by atoms with Crippen LogP contribution in [0.5, 0.6) is 0 Å². The molecule has 1 unspecified atom stereocenters. The fourth-order valence-electron chi connectivity index (χ4n) is 5.29. The third-order valence-corrected chi connectivity index (χ3v) is 7.52. The third-order valence-electron chi connectivity index (χ3n) is 7.52. The van der Waals surface area contributed by atoms with Gasteiger partial charge in [0.15, 0.2) is 0 Å². The Balaban J connectivity index is 1.36. The first-order valence-corrected chi connectivity index (χ1v) is 13.3. The van der Waals surface area contributed by atoms with Gasteiger partial charge in [0.1, 0.15) is 0 Å². The molecule has 1 aliphatic carbocycles. The Morgan fingerprint density at radius 1 is 0.778 bits per heavy atom. The van der Waals surface area contributed by atoms with Crippen molar-refractivity contribution in [3.05, 3.63) is 71.3 Å². The summed E-state index contributed by atoms with van der Waals surface area (Å²) in [6.07, 6.45) is 5.34. The molecule has 192 valence electrons. The molecule has 6 heteroatoms. The van der Waals surface area contributed by atoms with Crippen molar-refractivity contribution in [1.82, 2.24) is 15.5 Å². The summed E-state index contributed by atoms with van der Waals surface area (Å²) in [6.45, 7) is 7.56. The zero-order valence-electron chi connectivity index (χ0n) is 21.8. The smallest absolute Gasteiger partial charge is 0.253 e. The van der Waals surface area contributed by atoms with Crippen molar-refractivity contribution >= 4 is 17.7 Å². The lowest BCUT2D eigenvalue weighted by Crippen LogP contribution is -2.55. The van der Waals surface area contributed by atoms with Crippen molar-refractivity contribution in [2.45, 2.75) is 76.8 Å². The Hall–Kier alpha value is -3.15. The Morgan fingerprint density at radius 3 is 2.06 bits per heavy atom. The fraction of sp³-hybridized carbons (Fsp3) is 0.500. The Bertz CT molecular complexity index is 1060. The molecule has 0 bridgehead atoms. The van der Waals surface area contributed by atoms with Gasteiger partial charge in [0, 0.05) is 36.3 Å². The molecule has 2 fully saturated rings. The van der Waals surface area contributed by atoms with E-state index >= 15 is 0 Å². The van der Waals surface area contributed by atoms with E-state index in [2.05, 4.69) is 31.4 Å². The number of nitrogens with one attached hydrogen (secondary N) is 2. The quantitative estimate of drug-likeness (QED) is 0.639. The molecule has 1 heterocycles. The van der Waals surface area contributed by atoms with Crippen LogP contribution in [0.3, 0.4) is 0 Å². The van der Waals surface area contributed by atoms with E-state index in [0.717, 1.165) is 38.5 Å². The normalized spacial score (nSPS) is 22.5. The summed E-state index contributed by atoms with van der Waals surface area (Å²) in [4.78, 5) is 41.0. The van der Waals surface area contributed by atoms with Gasteiger partial charge >= 0.3 is 0 Å². The lowest BCUT2D eigenvalue weighted by Gasteiger charge is -2.36. The molecule has 2 aromatic rings. The van der Waals surface area contributed by atoms with E-state index in [4.69, 9.17) is 0 Å². The molecule has 2 N–H and O–H groups in total. The molecule has 0 aromatic heterocycles. The molecule has 3 amide bonds. The van der Waals surface area contributed by atoms with Gasteiger partial charge in [-0.05, 0) is 60.9 Å². The van der Waals surface area contributed by atoms with Gasteiger partial charge in [0.05, 0.1) is 5.92 Å². The highest BCUT2D eigenvalue weighted by atomic mass is 16.2. The summed E-state index contributed by atoms with van der Waals surface area (Å²) in [7, 11) is 0. The number of piperidine rings is 1. The van der Waals surface area contributed by atoms with Crippen LogP contribution in [0.4, 0.5) is 0 Å². The van der Waals surface area contributed by atoms with Crippen molar-refractivity contribution in [2.24, 2.45) is 5.92 Å². The van der Waals surface area contributed by atoms with E-state index in [-0.39, 0.29) is 41.1 Å². The number of hydrogen-bond acceptors (Lipinski definition) is 3. The van der Waals surface area contributed by atoms with Crippen LogP contribution in [-0.4, -0.2) is 47.8 Å². The van der Waals surface area contributed by atoms with Crippen LogP contribution in [0.2, 0.25) is 0 Å². The average molecular weight is 490 g/mol. The summed E-state index contributed by atoms with van der Waals surface area (Å²) in [5.74, 6) is -0.363. The van der Waals surface area contributed by atoms with Gasteiger partial charge in [-0.2, -0.15) is 0 Å². The molecule has 0 radical (unpaired) electrons. The van der Waals surface area contributed by atoms with E-state index in [1.165, 1.54) is 5.56 Å². The standard InChI is InChI=1S/C30H39N3O3/c1-30(2,3)24-17-15-22(16-18-24)29(36)33-19-9-12-23(20-33)28(35)32-26-14-8-7-13-25(26)31-27(34)21-10-5-4-6-11-21/h4-6,10-11,15-18,23,25-26H,7-9,12-14,19-20H2,1-3H3,(H,31,34)(H,32,35)/t23?,25-,26-/m1/s1. The van der Waals surface area contributed by atoms with Gasteiger partial charge in [0.25, 0.3) is 11.8 Å². The van der Waals surface area contributed by atoms with Crippen molar-refractivity contribution < 1.29 is 14.4 Å². The highest BCUT2D eigenvalue weighted by Crippen LogP contribution is 2.25. The van der Waals surface area contributed by atoms with E-state index in [9.17, 15) is 14.4 Å². The summed E-state index contributed by atoms with van der Waals surface area (Å²) >= 11 is 0. The van der Waals surface area contributed by atoms with Crippen LogP contribution in [0.15, 0.2) is 54.6 Å². The number of rotatable bonds is 5. The van der Waals surface area contributed by atoms with Crippen LogP contribution in [-0.2, 0) is 10.2 Å². The molecule has 0 spiro atoms. The average Bonchev–Trinajstić information content (AvgIpc) is 2.89. The lowest BCUT2D eigenvalue weighted by atomic mass is 9.86. The molecule has 1 saturated carbocycles. The molecule has 1 aliphatic heterocycles. The van der Waals surface area contributed by atoms with Gasteiger partial charge < -0.3 is 15.5 Å². The molecular formula is C30H39N3O3. The first kappa shape index (κ1) is 25.9. The minimum atomic E-state index is -0.232. The fourth-order valence-corrected chi connectivity index (χ4v) is 5.29. The molecule has 1 saturated heterocycles. The number of amides is 3. The highest BCUT2D eigenvalue weighted by Gasteiger charge is 2.33. The monoisotopic (exact) mass is 489 g/mol. The number of benzene rings is 2. The van der Waals surface area contributed by atoms with Crippen molar-refractivity contribution in [1.29, 1.82) is 0 Å². The van der Waals surface area contributed by atoms with E-state index in [1.54, 1.807) is 12.1 Å². The maximum Gasteiger partial charge on any atom is 0.253 e. The van der Waals surface area contributed by atoms with Gasteiger partial charge in [-0.15, -0.1) is 0 Å². The predicted molar refractivity (Wildman–Crippen MR) is 142 cm³/mol. The SMILES string of the molecule is CC(C)(C)c1ccc(C(=O)N2CCCC(C(=O)N[C@@H]3CCCC[C@H]3NC(=O)c3ccccc3)C2)cc1. The summed E-state index contributed by atoms with van der Waals surface area (Å²) < 4.78 is 0. The maximum absolute atomic E-state index is 13.3. The first-order chi connectivity index (χ1) is 17.2. The molecule has 36 heavy (non-hydrogen) atoms.